The van der Waals surface area contributed by atoms with Crippen molar-refractivity contribution in [2.75, 3.05) is 11.6 Å². The van der Waals surface area contributed by atoms with Gasteiger partial charge >= 0.3 is 6.03 Å². The molecule has 34 heavy (non-hydrogen) atoms. The Bertz CT molecular complexity index is 1370. The van der Waals surface area contributed by atoms with E-state index in [0.717, 1.165) is 12.7 Å². The van der Waals surface area contributed by atoms with Crippen LogP contribution < -0.4 is 5.32 Å². The van der Waals surface area contributed by atoms with Crippen molar-refractivity contribution in [3.05, 3.63) is 41.3 Å². The molecule has 11 nitrogen and oxygen atoms in total. The SMILES string of the molecule is C[C@H]1C[C@@H]2C[C@](c3nnc(CS(C)(=O)=O)o3)(C1)N2C(=O)Nc1ccc(Cl)c(-c2ncn(C)n2)c1. The summed E-state index contributed by atoms with van der Waals surface area (Å²) in [6, 6.07) is 4.87. The number of sulfone groups is 1. The molecule has 2 aromatic heterocycles. The Labute approximate surface area is 201 Å². The van der Waals surface area contributed by atoms with Gasteiger partial charge in [0.05, 0.1) is 5.02 Å². The Morgan fingerprint density at radius 3 is 2.82 bits per heavy atom. The van der Waals surface area contributed by atoms with Gasteiger partial charge in [0, 0.05) is 37.0 Å². The lowest BCUT2D eigenvalue weighted by molar-refractivity contribution is -0.110. The molecule has 13 heteroatoms. The van der Waals surface area contributed by atoms with Gasteiger partial charge in [-0.25, -0.2) is 18.2 Å². The number of aromatic nitrogens is 5. The number of piperidine rings is 1. The van der Waals surface area contributed by atoms with Gasteiger partial charge in [-0.05, 0) is 37.0 Å². The van der Waals surface area contributed by atoms with Crippen molar-refractivity contribution < 1.29 is 17.6 Å². The van der Waals surface area contributed by atoms with E-state index in [0.29, 0.717) is 40.9 Å². The molecule has 2 bridgehead atoms. The van der Waals surface area contributed by atoms with Gasteiger partial charge < -0.3 is 14.6 Å². The van der Waals surface area contributed by atoms with Crippen LogP contribution in [0.2, 0.25) is 5.02 Å². The highest BCUT2D eigenvalue weighted by molar-refractivity contribution is 7.89. The van der Waals surface area contributed by atoms with E-state index in [1.807, 2.05) is 0 Å². The lowest BCUT2D eigenvalue weighted by Gasteiger charge is -2.61. The van der Waals surface area contributed by atoms with Crippen molar-refractivity contribution >= 4 is 33.2 Å². The average molecular weight is 506 g/mol. The molecular formula is C21H24ClN7O4S. The van der Waals surface area contributed by atoms with Crippen LogP contribution in [-0.2, 0) is 28.2 Å². The number of urea groups is 1. The number of amides is 2. The Balaban J connectivity index is 1.41. The number of benzene rings is 1. The summed E-state index contributed by atoms with van der Waals surface area (Å²) in [6.07, 6.45) is 4.89. The number of rotatable bonds is 5. The number of hydrogen-bond acceptors (Lipinski definition) is 8. The van der Waals surface area contributed by atoms with Gasteiger partial charge in [-0.1, -0.05) is 18.5 Å². The van der Waals surface area contributed by atoms with E-state index >= 15 is 0 Å². The van der Waals surface area contributed by atoms with Gasteiger partial charge in [0.2, 0.25) is 11.8 Å². The lowest BCUT2D eigenvalue weighted by Crippen LogP contribution is -2.70. The van der Waals surface area contributed by atoms with Gasteiger partial charge in [-0.15, -0.1) is 10.2 Å². The molecule has 0 radical (unpaired) electrons. The number of carbonyl (C=O) groups is 1. The minimum atomic E-state index is -3.32. The fourth-order valence-corrected chi connectivity index (χ4v) is 5.86. The monoisotopic (exact) mass is 505 g/mol. The topological polar surface area (TPSA) is 136 Å². The van der Waals surface area contributed by atoms with E-state index in [1.165, 1.54) is 0 Å². The van der Waals surface area contributed by atoms with Gasteiger partial charge in [-0.2, -0.15) is 5.10 Å². The maximum absolute atomic E-state index is 13.4. The minimum Gasteiger partial charge on any atom is -0.422 e. The predicted molar refractivity (Wildman–Crippen MR) is 124 cm³/mol. The molecule has 0 unspecified atom stereocenters. The fraction of sp³-hybridized carbons (Fsp3) is 0.476. The first-order valence-electron chi connectivity index (χ1n) is 10.8. The van der Waals surface area contributed by atoms with Crippen LogP contribution in [0.5, 0.6) is 0 Å². The van der Waals surface area contributed by atoms with Crippen LogP contribution in [-0.4, -0.2) is 56.6 Å². The van der Waals surface area contributed by atoms with Crippen LogP contribution in [0.25, 0.3) is 11.4 Å². The third-order valence-corrected chi connectivity index (χ3v) is 7.39. The van der Waals surface area contributed by atoms with Crippen LogP contribution >= 0.6 is 11.6 Å². The maximum atomic E-state index is 13.4. The van der Waals surface area contributed by atoms with Gasteiger partial charge in [0.1, 0.15) is 17.6 Å². The zero-order valence-corrected chi connectivity index (χ0v) is 20.5. The summed E-state index contributed by atoms with van der Waals surface area (Å²) in [6.45, 7) is 2.12. The highest BCUT2D eigenvalue weighted by Crippen LogP contribution is 2.55. The van der Waals surface area contributed by atoms with Crippen LogP contribution in [0.1, 0.15) is 38.0 Å². The van der Waals surface area contributed by atoms with Crippen LogP contribution in [0.4, 0.5) is 10.5 Å². The summed E-state index contributed by atoms with van der Waals surface area (Å²) in [7, 11) is -1.56. The third-order valence-electron chi connectivity index (χ3n) is 6.29. The highest BCUT2D eigenvalue weighted by Gasteiger charge is 2.62. The first-order chi connectivity index (χ1) is 16.0. The largest absolute Gasteiger partial charge is 0.422 e. The second-order valence-corrected chi connectivity index (χ2v) is 11.8. The minimum absolute atomic E-state index is 0.0261. The predicted octanol–water partition coefficient (Wildman–Crippen LogP) is 2.99. The second-order valence-electron chi connectivity index (χ2n) is 9.24. The highest BCUT2D eigenvalue weighted by atomic mass is 35.5. The second kappa shape index (κ2) is 8.05. The van der Waals surface area contributed by atoms with E-state index in [4.69, 9.17) is 16.0 Å². The third kappa shape index (κ3) is 4.05. The molecular weight excluding hydrogens is 482 g/mol. The molecule has 0 spiro atoms. The Morgan fingerprint density at radius 2 is 2.12 bits per heavy atom. The van der Waals surface area contributed by atoms with E-state index < -0.39 is 15.4 Å². The van der Waals surface area contributed by atoms with Crippen molar-refractivity contribution in [3.8, 4) is 11.4 Å². The standard InChI is InChI=1S/C21H24ClN7O4S/c1-12-6-14-9-21(8-12,19-26-25-17(33-19)10-34(3,31)32)29(14)20(30)24-13-4-5-16(22)15(7-13)18-23-11-28(2)27-18/h4-5,7,11-12,14H,6,8-10H2,1-3H3,(H,24,30)/t12-,14+,21-/m0/s1. The number of halogens is 1. The molecule has 1 aliphatic carbocycles. The summed E-state index contributed by atoms with van der Waals surface area (Å²) in [5.41, 5.74) is 0.398. The molecule has 4 heterocycles. The fourth-order valence-electron chi connectivity index (χ4n) is 5.09. The lowest BCUT2D eigenvalue weighted by atomic mass is 9.64. The molecule has 3 fully saturated rings. The van der Waals surface area contributed by atoms with Crippen molar-refractivity contribution in [1.82, 2.24) is 29.9 Å². The average Bonchev–Trinajstić information content (AvgIpc) is 3.36. The maximum Gasteiger partial charge on any atom is 0.323 e. The zero-order chi connectivity index (χ0) is 24.3. The van der Waals surface area contributed by atoms with Crippen molar-refractivity contribution in [1.29, 1.82) is 0 Å². The molecule has 1 saturated carbocycles. The van der Waals surface area contributed by atoms with Crippen LogP contribution in [0.3, 0.4) is 0 Å². The summed E-state index contributed by atoms with van der Waals surface area (Å²) >= 11 is 6.34. The number of fused-ring (bicyclic) bond motifs is 2. The Hall–Kier alpha value is -2.99. The molecule has 1 N–H and O–H groups in total. The number of anilines is 1. The molecule has 2 amide bonds. The quantitative estimate of drug-likeness (QED) is 0.558. The van der Waals surface area contributed by atoms with Crippen LogP contribution in [0, 0.1) is 5.92 Å². The molecule has 3 atom stereocenters. The van der Waals surface area contributed by atoms with Crippen molar-refractivity contribution in [2.45, 2.75) is 43.5 Å². The molecule has 6 rings (SSSR count). The van der Waals surface area contributed by atoms with Crippen molar-refractivity contribution in [2.24, 2.45) is 13.0 Å². The number of nitrogens with one attached hydrogen (secondary N) is 1. The molecule has 1 aromatic carbocycles. The first kappa shape index (κ1) is 22.8. The summed E-state index contributed by atoms with van der Waals surface area (Å²) in [5.74, 6) is 0.776. The summed E-state index contributed by atoms with van der Waals surface area (Å²) < 4.78 is 30.6. The van der Waals surface area contributed by atoms with Gasteiger partial charge in [0.25, 0.3) is 0 Å². The van der Waals surface area contributed by atoms with Crippen LogP contribution in [0.15, 0.2) is 28.9 Å². The van der Waals surface area contributed by atoms with E-state index in [-0.39, 0.29) is 29.6 Å². The summed E-state index contributed by atoms with van der Waals surface area (Å²) in [5, 5.41) is 15.8. The number of hydrogen-bond donors (Lipinski definition) is 1. The van der Waals surface area contributed by atoms with Gasteiger partial charge in [0.15, 0.2) is 15.7 Å². The van der Waals surface area contributed by atoms with Crippen molar-refractivity contribution in [3.63, 3.8) is 0 Å². The Kier molecular flexibility index (Phi) is 5.40. The molecule has 3 aliphatic rings. The van der Waals surface area contributed by atoms with Gasteiger partial charge in [-0.3, -0.25) is 4.68 Å². The first-order valence-corrected chi connectivity index (χ1v) is 13.2. The zero-order valence-electron chi connectivity index (χ0n) is 18.9. The summed E-state index contributed by atoms with van der Waals surface area (Å²) in [4.78, 5) is 19.4. The van der Waals surface area contributed by atoms with E-state index in [2.05, 4.69) is 32.5 Å². The number of carbonyl (C=O) groups excluding carboxylic acids is 1. The smallest absolute Gasteiger partial charge is 0.323 e. The molecule has 2 aliphatic heterocycles. The van der Waals surface area contributed by atoms with E-state index in [1.54, 1.807) is 41.2 Å². The number of aryl methyl sites for hydroxylation is 1. The molecule has 3 aromatic rings. The van der Waals surface area contributed by atoms with E-state index in [9.17, 15) is 13.2 Å². The molecule has 180 valence electrons. The normalized spacial score (nSPS) is 24.1. The Morgan fingerprint density at radius 1 is 1.32 bits per heavy atom. The molecule has 2 saturated heterocycles. The number of nitrogens with zero attached hydrogens (tertiary/aromatic N) is 6.